The molecule has 1 aromatic heterocycles. The fourth-order valence-corrected chi connectivity index (χ4v) is 2.61. The Bertz CT molecular complexity index is 634. The Morgan fingerprint density at radius 2 is 2.09 bits per heavy atom. The normalized spacial score (nSPS) is 10.6. The van der Waals surface area contributed by atoms with Gasteiger partial charge in [0.25, 0.3) is 0 Å². The first kappa shape index (κ1) is 17.1. The molecule has 0 fully saturated rings. The number of aromatic nitrogens is 1. The van der Waals surface area contributed by atoms with E-state index in [-0.39, 0.29) is 5.91 Å². The van der Waals surface area contributed by atoms with E-state index in [1.54, 1.807) is 14.0 Å². The number of hydrogen-bond acceptors (Lipinski definition) is 2. The molecule has 2 rings (SSSR count). The average molecular weight is 314 g/mol. The lowest BCUT2D eigenvalue weighted by Crippen LogP contribution is -2.30. The molecule has 4 nitrogen and oxygen atoms in total. The summed E-state index contributed by atoms with van der Waals surface area (Å²) in [6, 6.07) is 12.2. The van der Waals surface area contributed by atoms with Crippen molar-refractivity contribution in [1.82, 2.24) is 9.47 Å². The van der Waals surface area contributed by atoms with Gasteiger partial charge in [0.15, 0.2) is 0 Å². The molecule has 0 saturated heterocycles. The van der Waals surface area contributed by atoms with Crippen LogP contribution in [-0.2, 0) is 17.9 Å². The van der Waals surface area contributed by atoms with E-state index in [9.17, 15) is 4.79 Å². The first-order valence-corrected chi connectivity index (χ1v) is 8.16. The number of unbranched alkanes of at least 4 members (excludes halogenated alkanes) is 1. The molecule has 0 N–H and O–H groups in total. The maximum atomic E-state index is 11.8. The first-order valence-electron chi connectivity index (χ1n) is 8.16. The number of carbonyl (C=O) groups is 1. The predicted octanol–water partition coefficient (Wildman–Crippen LogP) is 3.69. The highest BCUT2D eigenvalue weighted by Crippen LogP contribution is 2.16. The molecule has 23 heavy (non-hydrogen) atoms. The fourth-order valence-electron chi connectivity index (χ4n) is 2.61. The summed E-state index contributed by atoms with van der Waals surface area (Å²) in [6.45, 7) is 6.04. The predicted molar refractivity (Wildman–Crippen MR) is 92.5 cm³/mol. The summed E-state index contributed by atoms with van der Waals surface area (Å²) in [4.78, 5) is 13.7. The third kappa shape index (κ3) is 4.88. The van der Waals surface area contributed by atoms with Gasteiger partial charge in [0.2, 0.25) is 5.91 Å². The topological polar surface area (TPSA) is 34.5 Å². The maximum absolute atomic E-state index is 11.8. The Morgan fingerprint density at radius 1 is 1.26 bits per heavy atom. The molecule has 1 aromatic carbocycles. The second-order valence-corrected chi connectivity index (χ2v) is 5.77. The SMILES string of the molecule is CCCCN(Cc1cccn1Cc1cccc(OC)c1)C(C)=O. The van der Waals surface area contributed by atoms with Crippen LogP contribution in [0.15, 0.2) is 42.6 Å². The highest BCUT2D eigenvalue weighted by Gasteiger charge is 2.11. The molecule has 1 amide bonds. The van der Waals surface area contributed by atoms with Crippen LogP contribution in [0.25, 0.3) is 0 Å². The Labute approximate surface area is 138 Å². The third-order valence-electron chi connectivity index (χ3n) is 3.99. The number of carbonyl (C=O) groups excluding carboxylic acids is 1. The van der Waals surface area contributed by atoms with Crippen molar-refractivity contribution in [3.05, 3.63) is 53.9 Å². The molecule has 0 aliphatic carbocycles. The minimum atomic E-state index is 0.132. The van der Waals surface area contributed by atoms with E-state index in [2.05, 4.69) is 29.8 Å². The highest BCUT2D eigenvalue weighted by molar-refractivity contribution is 5.73. The molecular weight excluding hydrogens is 288 g/mol. The minimum absolute atomic E-state index is 0.132. The molecule has 0 atom stereocenters. The van der Waals surface area contributed by atoms with Crippen LogP contribution in [-0.4, -0.2) is 29.0 Å². The number of hydrogen-bond donors (Lipinski definition) is 0. The van der Waals surface area contributed by atoms with Crippen molar-refractivity contribution in [2.45, 2.75) is 39.8 Å². The highest BCUT2D eigenvalue weighted by atomic mass is 16.5. The van der Waals surface area contributed by atoms with E-state index in [0.717, 1.165) is 37.4 Å². The zero-order chi connectivity index (χ0) is 16.7. The van der Waals surface area contributed by atoms with Crippen molar-refractivity contribution < 1.29 is 9.53 Å². The van der Waals surface area contributed by atoms with Gasteiger partial charge < -0.3 is 14.2 Å². The van der Waals surface area contributed by atoms with Crippen molar-refractivity contribution in [2.24, 2.45) is 0 Å². The molecule has 0 spiro atoms. The van der Waals surface area contributed by atoms with Crippen molar-refractivity contribution in [3.63, 3.8) is 0 Å². The average Bonchev–Trinajstić information content (AvgIpc) is 2.98. The van der Waals surface area contributed by atoms with Gasteiger partial charge in [-0.2, -0.15) is 0 Å². The summed E-state index contributed by atoms with van der Waals surface area (Å²) >= 11 is 0. The molecule has 0 aliphatic heterocycles. The Balaban J connectivity index is 2.10. The van der Waals surface area contributed by atoms with Crippen molar-refractivity contribution in [2.75, 3.05) is 13.7 Å². The summed E-state index contributed by atoms with van der Waals surface area (Å²) in [6.07, 6.45) is 4.19. The molecular formula is C19H26N2O2. The molecule has 2 aromatic rings. The van der Waals surface area contributed by atoms with Crippen LogP contribution in [0, 0.1) is 0 Å². The van der Waals surface area contributed by atoms with Crippen LogP contribution in [0.5, 0.6) is 5.75 Å². The molecule has 1 heterocycles. The van der Waals surface area contributed by atoms with Gasteiger partial charge in [-0.15, -0.1) is 0 Å². The van der Waals surface area contributed by atoms with Crippen LogP contribution in [0.3, 0.4) is 0 Å². The summed E-state index contributed by atoms with van der Waals surface area (Å²) < 4.78 is 7.47. The number of methoxy groups -OCH3 is 1. The van der Waals surface area contributed by atoms with Crippen molar-refractivity contribution in [1.29, 1.82) is 0 Å². The van der Waals surface area contributed by atoms with Gasteiger partial charge in [0.1, 0.15) is 5.75 Å². The van der Waals surface area contributed by atoms with E-state index >= 15 is 0 Å². The van der Waals surface area contributed by atoms with Gasteiger partial charge in [0.05, 0.1) is 13.7 Å². The number of benzene rings is 1. The van der Waals surface area contributed by atoms with Crippen molar-refractivity contribution >= 4 is 5.91 Å². The van der Waals surface area contributed by atoms with Crippen LogP contribution < -0.4 is 4.74 Å². The fraction of sp³-hybridized carbons (Fsp3) is 0.421. The molecule has 0 bridgehead atoms. The second-order valence-electron chi connectivity index (χ2n) is 5.77. The monoisotopic (exact) mass is 314 g/mol. The van der Waals surface area contributed by atoms with E-state index in [1.165, 1.54) is 5.56 Å². The Morgan fingerprint density at radius 3 is 2.78 bits per heavy atom. The maximum Gasteiger partial charge on any atom is 0.219 e. The second kappa shape index (κ2) is 8.42. The van der Waals surface area contributed by atoms with Gasteiger partial charge in [-0.3, -0.25) is 4.79 Å². The molecule has 0 aliphatic rings. The molecule has 0 unspecified atom stereocenters. The zero-order valence-corrected chi connectivity index (χ0v) is 14.3. The molecule has 124 valence electrons. The Hall–Kier alpha value is -2.23. The third-order valence-corrected chi connectivity index (χ3v) is 3.99. The Kier molecular flexibility index (Phi) is 6.27. The molecule has 4 heteroatoms. The van der Waals surface area contributed by atoms with Gasteiger partial charge >= 0.3 is 0 Å². The van der Waals surface area contributed by atoms with E-state index < -0.39 is 0 Å². The minimum Gasteiger partial charge on any atom is -0.497 e. The van der Waals surface area contributed by atoms with Gasteiger partial charge in [0, 0.05) is 31.9 Å². The molecule has 0 radical (unpaired) electrons. The number of amides is 1. The lowest BCUT2D eigenvalue weighted by molar-refractivity contribution is -0.129. The van der Waals surface area contributed by atoms with Crippen LogP contribution in [0.1, 0.15) is 37.9 Å². The van der Waals surface area contributed by atoms with Gasteiger partial charge in [-0.05, 0) is 36.2 Å². The smallest absolute Gasteiger partial charge is 0.219 e. The number of rotatable bonds is 8. The summed E-state index contributed by atoms with van der Waals surface area (Å²) in [5.74, 6) is 0.997. The number of ether oxygens (including phenoxy) is 1. The van der Waals surface area contributed by atoms with Crippen molar-refractivity contribution in [3.8, 4) is 5.75 Å². The quantitative estimate of drug-likeness (QED) is 0.744. The standard InChI is InChI=1S/C19H26N2O2/c1-4-5-11-20(16(2)22)15-18-9-7-12-21(18)14-17-8-6-10-19(13-17)23-3/h6-10,12-13H,4-5,11,14-15H2,1-3H3. The van der Waals surface area contributed by atoms with Crippen LogP contribution in [0.2, 0.25) is 0 Å². The lowest BCUT2D eigenvalue weighted by Gasteiger charge is -2.22. The number of nitrogens with zero attached hydrogens (tertiary/aromatic N) is 2. The van der Waals surface area contributed by atoms with Gasteiger partial charge in [-0.1, -0.05) is 25.5 Å². The summed E-state index contributed by atoms with van der Waals surface area (Å²) in [5, 5.41) is 0. The summed E-state index contributed by atoms with van der Waals surface area (Å²) in [5.41, 5.74) is 2.34. The lowest BCUT2D eigenvalue weighted by atomic mass is 10.2. The summed E-state index contributed by atoms with van der Waals surface area (Å²) in [7, 11) is 1.68. The molecule has 0 saturated carbocycles. The first-order chi connectivity index (χ1) is 11.1. The van der Waals surface area contributed by atoms with E-state index in [0.29, 0.717) is 6.54 Å². The van der Waals surface area contributed by atoms with Crippen LogP contribution in [0.4, 0.5) is 0 Å². The largest absolute Gasteiger partial charge is 0.497 e. The zero-order valence-electron chi connectivity index (χ0n) is 14.3. The van der Waals surface area contributed by atoms with Crippen LogP contribution >= 0.6 is 0 Å². The van der Waals surface area contributed by atoms with E-state index in [4.69, 9.17) is 4.74 Å². The van der Waals surface area contributed by atoms with Gasteiger partial charge in [-0.25, -0.2) is 0 Å². The van der Waals surface area contributed by atoms with E-state index in [1.807, 2.05) is 29.2 Å².